The zero-order chi connectivity index (χ0) is 11.7. The fourth-order valence-electron chi connectivity index (χ4n) is 1.91. The number of nitrogens with zero attached hydrogens (tertiary/aromatic N) is 1. The lowest BCUT2D eigenvalue weighted by Gasteiger charge is -2.07. The second kappa shape index (κ2) is 4.20. The van der Waals surface area contributed by atoms with E-state index in [1.54, 1.807) is 0 Å². The van der Waals surface area contributed by atoms with Gasteiger partial charge in [0.05, 0.1) is 5.52 Å². The summed E-state index contributed by atoms with van der Waals surface area (Å²) in [6, 6.07) is 2.64. The van der Waals surface area contributed by atoms with Crippen LogP contribution in [-0.4, -0.2) is 9.97 Å². The molecule has 0 saturated carbocycles. The largest absolute Gasteiger partial charge is 0.342 e. The van der Waals surface area contributed by atoms with Crippen molar-refractivity contribution < 1.29 is 8.78 Å². The highest BCUT2D eigenvalue weighted by molar-refractivity contribution is 5.75. The fraction of sp³-hybridized carbons (Fsp3) is 0.417. The van der Waals surface area contributed by atoms with E-state index in [1.165, 1.54) is 6.07 Å². The number of aromatic amines is 1. The normalized spacial score (nSPS) is 11.6. The van der Waals surface area contributed by atoms with Crippen LogP contribution in [0, 0.1) is 11.6 Å². The summed E-state index contributed by atoms with van der Waals surface area (Å²) in [7, 11) is 0. The van der Waals surface area contributed by atoms with Crippen LogP contribution in [0.5, 0.6) is 0 Å². The molecule has 0 radical (unpaired) electrons. The molecule has 1 heterocycles. The number of hydrogen-bond donors (Lipinski definition) is 1. The molecule has 86 valence electrons. The first-order valence-electron chi connectivity index (χ1n) is 5.51. The van der Waals surface area contributed by atoms with Crippen molar-refractivity contribution >= 4 is 11.0 Å². The number of rotatable bonds is 3. The molecule has 2 rings (SSSR count). The van der Waals surface area contributed by atoms with Gasteiger partial charge in [0, 0.05) is 5.92 Å². The Morgan fingerprint density at radius 3 is 2.56 bits per heavy atom. The Hall–Kier alpha value is -1.45. The summed E-state index contributed by atoms with van der Waals surface area (Å²) >= 11 is 0. The quantitative estimate of drug-likeness (QED) is 0.845. The number of fused-ring (bicyclic) bond motifs is 1. The first-order valence-corrected chi connectivity index (χ1v) is 5.51. The van der Waals surface area contributed by atoms with Gasteiger partial charge < -0.3 is 4.98 Å². The van der Waals surface area contributed by atoms with E-state index in [0.29, 0.717) is 5.52 Å². The highest BCUT2D eigenvalue weighted by atomic mass is 19.2. The standard InChI is InChI=1S/C12H14F2N2/c1-3-7(4-2)12-15-9-6-5-8(13)10(14)11(9)16-12/h5-7H,3-4H2,1-2H3,(H,15,16). The topological polar surface area (TPSA) is 28.7 Å². The Bertz CT molecular complexity index is 501. The van der Waals surface area contributed by atoms with E-state index in [4.69, 9.17) is 0 Å². The van der Waals surface area contributed by atoms with Crippen LogP contribution in [0.25, 0.3) is 11.0 Å². The number of aromatic nitrogens is 2. The van der Waals surface area contributed by atoms with Crippen molar-refractivity contribution in [3.05, 3.63) is 29.6 Å². The lowest BCUT2D eigenvalue weighted by atomic mass is 10.0. The van der Waals surface area contributed by atoms with Gasteiger partial charge >= 0.3 is 0 Å². The minimum Gasteiger partial charge on any atom is -0.342 e. The molecule has 1 N–H and O–H groups in total. The van der Waals surface area contributed by atoms with Crippen LogP contribution < -0.4 is 0 Å². The van der Waals surface area contributed by atoms with E-state index < -0.39 is 11.6 Å². The molecule has 0 unspecified atom stereocenters. The lowest BCUT2D eigenvalue weighted by molar-refractivity contribution is 0.515. The maximum absolute atomic E-state index is 13.4. The van der Waals surface area contributed by atoms with Crippen molar-refractivity contribution in [2.75, 3.05) is 0 Å². The molecule has 2 nitrogen and oxygen atoms in total. The van der Waals surface area contributed by atoms with E-state index in [9.17, 15) is 8.78 Å². The third kappa shape index (κ3) is 1.68. The van der Waals surface area contributed by atoms with E-state index in [0.717, 1.165) is 24.7 Å². The van der Waals surface area contributed by atoms with Crippen LogP contribution in [0.4, 0.5) is 8.78 Å². The van der Waals surface area contributed by atoms with E-state index in [-0.39, 0.29) is 11.4 Å². The molecule has 0 amide bonds. The molecule has 0 saturated heterocycles. The summed E-state index contributed by atoms with van der Waals surface area (Å²) in [5.74, 6) is -0.708. The first kappa shape index (κ1) is 11.0. The van der Waals surface area contributed by atoms with E-state index >= 15 is 0 Å². The third-order valence-corrected chi connectivity index (χ3v) is 2.94. The molecule has 0 fully saturated rings. The second-order valence-electron chi connectivity index (χ2n) is 3.89. The molecule has 1 aromatic heterocycles. The van der Waals surface area contributed by atoms with Crippen LogP contribution in [-0.2, 0) is 0 Å². The summed E-state index contributed by atoms with van der Waals surface area (Å²) in [4.78, 5) is 7.19. The summed E-state index contributed by atoms with van der Waals surface area (Å²) in [5.41, 5.74) is 0.655. The lowest BCUT2D eigenvalue weighted by Crippen LogP contribution is -1.97. The second-order valence-corrected chi connectivity index (χ2v) is 3.89. The molecule has 2 aromatic rings. The SMILES string of the molecule is CCC(CC)c1nc2c(F)c(F)ccc2[nH]1. The van der Waals surface area contributed by atoms with Gasteiger partial charge in [-0.1, -0.05) is 13.8 Å². The van der Waals surface area contributed by atoms with Crippen molar-refractivity contribution in [3.8, 4) is 0 Å². The molecule has 0 atom stereocenters. The highest BCUT2D eigenvalue weighted by Gasteiger charge is 2.15. The Labute approximate surface area is 92.7 Å². The minimum absolute atomic E-state index is 0.0990. The number of imidazole rings is 1. The Balaban J connectivity index is 2.55. The highest BCUT2D eigenvalue weighted by Crippen LogP contribution is 2.25. The molecule has 0 spiro atoms. The van der Waals surface area contributed by atoms with Gasteiger partial charge in [-0.2, -0.15) is 0 Å². The van der Waals surface area contributed by atoms with Gasteiger partial charge in [0.1, 0.15) is 11.3 Å². The molecule has 1 aromatic carbocycles. The van der Waals surface area contributed by atoms with Crippen molar-refractivity contribution in [2.24, 2.45) is 0 Å². The van der Waals surface area contributed by atoms with Crippen LogP contribution in [0.1, 0.15) is 38.4 Å². The molecular weight excluding hydrogens is 210 g/mol. The van der Waals surface area contributed by atoms with E-state index in [2.05, 4.69) is 23.8 Å². The maximum atomic E-state index is 13.4. The molecule has 16 heavy (non-hydrogen) atoms. The zero-order valence-electron chi connectivity index (χ0n) is 9.35. The average Bonchev–Trinajstić information content (AvgIpc) is 2.70. The Morgan fingerprint density at radius 1 is 1.25 bits per heavy atom. The molecule has 4 heteroatoms. The first-order chi connectivity index (χ1) is 7.67. The maximum Gasteiger partial charge on any atom is 0.186 e. The van der Waals surface area contributed by atoms with Crippen LogP contribution >= 0.6 is 0 Å². The minimum atomic E-state index is -0.869. The van der Waals surface area contributed by atoms with Gasteiger partial charge in [-0.05, 0) is 25.0 Å². The number of benzene rings is 1. The predicted molar refractivity (Wildman–Crippen MR) is 59.3 cm³/mol. The molecule has 0 aliphatic heterocycles. The smallest absolute Gasteiger partial charge is 0.186 e. The predicted octanol–water partition coefficient (Wildman–Crippen LogP) is 3.74. The Kier molecular flexibility index (Phi) is 2.90. The average molecular weight is 224 g/mol. The molecular formula is C12H14F2N2. The van der Waals surface area contributed by atoms with Gasteiger partial charge in [-0.3, -0.25) is 0 Å². The number of hydrogen-bond acceptors (Lipinski definition) is 1. The summed E-state index contributed by atoms with van der Waals surface area (Å²) in [6.07, 6.45) is 1.86. The van der Waals surface area contributed by atoms with Crippen molar-refractivity contribution in [3.63, 3.8) is 0 Å². The van der Waals surface area contributed by atoms with Crippen molar-refractivity contribution in [1.82, 2.24) is 9.97 Å². The molecule has 0 aliphatic carbocycles. The van der Waals surface area contributed by atoms with Gasteiger partial charge in [-0.15, -0.1) is 0 Å². The van der Waals surface area contributed by atoms with Crippen molar-refractivity contribution in [2.45, 2.75) is 32.6 Å². The third-order valence-electron chi connectivity index (χ3n) is 2.94. The van der Waals surface area contributed by atoms with Crippen LogP contribution in [0.3, 0.4) is 0 Å². The fourth-order valence-corrected chi connectivity index (χ4v) is 1.91. The van der Waals surface area contributed by atoms with Crippen LogP contribution in [0.15, 0.2) is 12.1 Å². The van der Waals surface area contributed by atoms with Gasteiger partial charge in [0.2, 0.25) is 0 Å². The number of nitrogens with one attached hydrogen (secondary N) is 1. The monoisotopic (exact) mass is 224 g/mol. The van der Waals surface area contributed by atoms with Gasteiger partial charge in [0.15, 0.2) is 11.6 Å². The van der Waals surface area contributed by atoms with E-state index in [1.807, 2.05) is 0 Å². The van der Waals surface area contributed by atoms with Gasteiger partial charge in [0.25, 0.3) is 0 Å². The molecule has 0 aliphatic rings. The number of H-pyrrole nitrogens is 1. The van der Waals surface area contributed by atoms with Crippen molar-refractivity contribution in [1.29, 1.82) is 0 Å². The van der Waals surface area contributed by atoms with Crippen LogP contribution in [0.2, 0.25) is 0 Å². The summed E-state index contributed by atoms with van der Waals surface area (Å²) < 4.78 is 26.4. The Morgan fingerprint density at radius 2 is 1.94 bits per heavy atom. The summed E-state index contributed by atoms with van der Waals surface area (Å²) in [6.45, 7) is 4.11. The van der Waals surface area contributed by atoms with Gasteiger partial charge in [-0.25, -0.2) is 13.8 Å². The number of halogens is 2. The molecule has 0 bridgehead atoms. The summed E-state index contributed by atoms with van der Waals surface area (Å²) in [5, 5.41) is 0. The zero-order valence-corrected chi connectivity index (χ0v) is 9.35.